The molecular weight excluding hydrogens is 164 g/mol. The van der Waals surface area contributed by atoms with Crippen LogP contribution in [0.3, 0.4) is 0 Å². The van der Waals surface area contributed by atoms with Crippen molar-refractivity contribution in [2.75, 3.05) is 5.73 Å². The Kier molecular flexibility index (Phi) is 2.57. The number of hydrogen-bond acceptors (Lipinski definition) is 3. The highest BCUT2D eigenvalue weighted by molar-refractivity contribution is 5.52. The second-order valence-electron chi connectivity index (χ2n) is 3.23. The molecule has 4 heteroatoms. The Balaban J connectivity index is 3.30. The molecule has 0 fully saturated rings. The van der Waals surface area contributed by atoms with Gasteiger partial charge in [-0.15, -0.1) is 0 Å². The summed E-state index contributed by atoms with van der Waals surface area (Å²) in [6, 6.07) is 2.09. The molecule has 70 valence electrons. The summed E-state index contributed by atoms with van der Waals surface area (Å²) in [5.41, 5.74) is 7.06. The fourth-order valence-corrected chi connectivity index (χ4v) is 1.25. The average Bonchev–Trinajstić information content (AvgIpc) is 2.42. The van der Waals surface area contributed by atoms with Crippen molar-refractivity contribution in [3.8, 4) is 6.07 Å². The molecule has 0 aromatic carbocycles. The molecule has 0 spiro atoms. The second-order valence-corrected chi connectivity index (χ2v) is 3.23. The lowest BCUT2D eigenvalue weighted by molar-refractivity contribution is 0.643. The van der Waals surface area contributed by atoms with Crippen LogP contribution in [0.1, 0.15) is 37.9 Å². The van der Waals surface area contributed by atoms with Crippen LogP contribution < -0.4 is 5.73 Å². The van der Waals surface area contributed by atoms with Crippen molar-refractivity contribution in [3.05, 3.63) is 11.3 Å². The lowest BCUT2D eigenvalue weighted by atomic mass is 10.1. The minimum atomic E-state index is 0.241. The van der Waals surface area contributed by atoms with Gasteiger partial charge in [0.25, 0.3) is 0 Å². The highest BCUT2D eigenvalue weighted by Gasteiger charge is 2.16. The van der Waals surface area contributed by atoms with E-state index >= 15 is 0 Å². The first-order valence-electron chi connectivity index (χ1n) is 4.38. The first kappa shape index (κ1) is 9.59. The van der Waals surface area contributed by atoms with E-state index in [2.05, 4.69) is 11.2 Å². The fraction of sp³-hybridized carbons (Fsp3) is 0.556. The van der Waals surface area contributed by atoms with Crippen LogP contribution in [0.25, 0.3) is 0 Å². The molecule has 4 nitrogen and oxygen atoms in total. The van der Waals surface area contributed by atoms with Crippen LogP contribution in [0.5, 0.6) is 0 Å². The van der Waals surface area contributed by atoms with E-state index in [0.29, 0.717) is 17.9 Å². The molecule has 1 aromatic heterocycles. The van der Waals surface area contributed by atoms with Gasteiger partial charge in [-0.1, -0.05) is 13.8 Å². The SMILES string of the molecule is CCn1nc(C(C)C)c(C#N)c1N. The van der Waals surface area contributed by atoms with Crippen molar-refractivity contribution >= 4 is 5.82 Å². The number of aryl methyl sites for hydroxylation is 1. The molecule has 1 aromatic rings. The van der Waals surface area contributed by atoms with Gasteiger partial charge in [-0.3, -0.25) is 0 Å². The zero-order chi connectivity index (χ0) is 10.0. The Bertz CT molecular complexity index is 343. The molecule has 0 unspecified atom stereocenters. The summed E-state index contributed by atoms with van der Waals surface area (Å²) in [4.78, 5) is 0. The Morgan fingerprint density at radius 3 is 2.54 bits per heavy atom. The van der Waals surface area contributed by atoms with Crippen LogP contribution in [0.15, 0.2) is 0 Å². The van der Waals surface area contributed by atoms with Gasteiger partial charge in [0.2, 0.25) is 0 Å². The van der Waals surface area contributed by atoms with Gasteiger partial charge in [0.1, 0.15) is 17.5 Å². The van der Waals surface area contributed by atoms with Crippen molar-refractivity contribution in [3.63, 3.8) is 0 Å². The van der Waals surface area contributed by atoms with Crippen molar-refractivity contribution in [1.29, 1.82) is 5.26 Å². The Labute approximate surface area is 78.0 Å². The summed E-state index contributed by atoms with van der Waals surface area (Å²) in [6.07, 6.45) is 0. The van der Waals surface area contributed by atoms with E-state index in [0.717, 1.165) is 5.69 Å². The summed E-state index contributed by atoms with van der Waals surface area (Å²) >= 11 is 0. The maximum Gasteiger partial charge on any atom is 0.140 e. The van der Waals surface area contributed by atoms with Crippen LogP contribution in [0.4, 0.5) is 5.82 Å². The van der Waals surface area contributed by atoms with Crippen LogP contribution in [-0.2, 0) is 6.54 Å². The predicted molar refractivity (Wildman–Crippen MR) is 51.1 cm³/mol. The third-order valence-electron chi connectivity index (χ3n) is 1.98. The molecule has 2 N–H and O–H groups in total. The van der Waals surface area contributed by atoms with Crippen LogP contribution in [0.2, 0.25) is 0 Å². The number of hydrogen-bond donors (Lipinski definition) is 1. The molecular formula is C9H14N4. The van der Waals surface area contributed by atoms with Crippen LogP contribution in [-0.4, -0.2) is 9.78 Å². The smallest absolute Gasteiger partial charge is 0.140 e. The minimum Gasteiger partial charge on any atom is -0.383 e. The monoisotopic (exact) mass is 178 g/mol. The van der Waals surface area contributed by atoms with Gasteiger partial charge in [0.15, 0.2) is 0 Å². The van der Waals surface area contributed by atoms with Crippen molar-refractivity contribution in [1.82, 2.24) is 9.78 Å². The number of nitrogens with zero attached hydrogens (tertiary/aromatic N) is 3. The molecule has 1 heterocycles. The summed E-state index contributed by atoms with van der Waals surface area (Å²) < 4.78 is 1.66. The molecule has 13 heavy (non-hydrogen) atoms. The summed E-state index contributed by atoms with van der Waals surface area (Å²) in [5, 5.41) is 13.1. The molecule has 0 bridgehead atoms. The van der Waals surface area contributed by atoms with Gasteiger partial charge in [0, 0.05) is 6.54 Å². The Hall–Kier alpha value is -1.50. The standard InChI is InChI=1S/C9H14N4/c1-4-13-9(11)7(5-10)8(12-13)6(2)3/h6H,4,11H2,1-3H3. The Morgan fingerprint density at radius 1 is 1.62 bits per heavy atom. The maximum atomic E-state index is 8.87. The third kappa shape index (κ3) is 1.50. The lowest BCUT2D eigenvalue weighted by Gasteiger charge is -1.98. The normalized spacial score (nSPS) is 10.4. The van der Waals surface area contributed by atoms with Gasteiger partial charge >= 0.3 is 0 Å². The van der Waals surface area contributed by atoms with E-state index in [-0.39, 0.29) is 5.92 Å². The third-order valence-corrected chi connectivity index (χ3v) is 1.98. The second kappa shape index (κ2) is 3.48. The van der Waals surface area contributed by atoms with Gasteiger partial charge in [-0.05, 0) is 12.8 Å². The maximum absolute atomic E-state index is 8.87. The van der Waals surface area contributed by atoms with E-state index in [1.165, 1.54) is 0 Å². The van der Waals surface area contributed by atoms with Crippen LogP contribution >= 0.6 is 0 Å². The Morgan fingerprint density at radius 2 is 2.23 bits per heavy atom. The average molecular weight is 178 g/mol. The highest BCUT2D eigenvalue weighted by atomic mass is 15.3. The number of nitrogen functional groups attached to an aromatic ring is 1. The number of nitrogens with two attached hydrogens (primary N) is 1. The van der Waals surface area contributed by atoms with Crippen molar-refractivity contribution < 1.29 is 0 Å². The summed E-state index contributed by atoms with van der Waals surface area (Å²) in [6.45, 7) is 6.66. The van der Waals surface area contributed by atoms with Crippen LogP contribution in [0, 0.1) is 11.3 Å². The van der Waals surface area contributed by atoms with Crippen molar-refractivity contribution in [2.45, 2.75) is 33.2 Å². The molecule has 0 saturated carbocycles. The molecule has 1 rings (SSSR count). The van der Waals surface area contributed by atoms with E-state index in [1.54, 1.807) is 4.68 Å². The molecule has 0 radical (unpaired) electrons. The molecule has 0 saturated heterocycles. The van der Waals surface area contributed by atoms with Gasteiger partial charge in [-0.25, -0.2) is 4.68 Å². The number of anilines is 1. The molecule has 0 aliphatic rings. The first-order chi connectivity index (χ1) is 6.11. The largest absolute Gasteiger partial charge is 0.383 e. The van der Waals surface area contributed by atoms with Gasteiger partial charge < -0.3 is 5.73 Å². The van der Waals surface area contributed by atoms with E-state index < -0.39 is 0 Å². The first-order valence-corrected chi connectivity index (χ1v) is 4.38. The minimum absolute atomic E-state index is 0.241. The number of nitriles is 1. The fourth-order valence-electron chi connectivity index (χ4n) is 1.25. The topological polar surface area (TPSA) is 67.6 Å². The predicted octanol–water partition coefficient (Wildman–Crippen LogP) is 1.48. The van der Waals surface area contributed by atoms with Gasteiger partial charge in [-0.2, -0.15) is 10.4 Å². The van der Waals surface area contributed by atoms with E-state index in [1.807, 2.05) is 20.8 Å². The number of rotatable bonds is 2. The quantitative estimate of drug-likeness (QED) is 0.745. The molecule has 0 amide bonds. The summed E-state index contributed by atoms with van der Waals surface area (Å²) in [7, 11) is 0. The lowest BCUT2D eigenvalue weighted by Crippen LogP contribution is -2.02. The molecule has 0 aliphatic heterocycles. The number of aromatic nitrogens is 2. The highest BCUT2D eigenvalue weighted by Crippen LogP contribution is 2.22. The van der Waals surface area contributed by atoms with E-state index in [4.69, 9.17) is 11.0 Å². The van der Waals surface area contributed by atoms with Crippen molar-refractivity contribution in [2.24, 2.45) is 0 Å². The summed E-state index contributed by atoms with van der Waals surface area (Å²) in [5.74, 6) is 0.721. The zero-order valence-corrected chi connectivity index (χ0v) is 8.20. The van der Waals surface area contributed by atoms with E-state index in [9.17, 15) is 0 Å². The molecule has 0 aliphatic carbocycles. The zero-order valence-electron chi connectivity index (χ0n) is 8.20. The molecule has 0 atom stereocenters. The van der Waals surface area contributed by atoms with Gasteiger partial charge in [0.05, 0.1) is 5.69 Å².